The van der Waals surface area contributed by atoms with Crippen LogP contribution < -0.4 is 0 Å². The number of carbonyl (C=O) groups is 1. The summed E-state index contributed by atoms with van der Waals surface area (Å²) in [6.45, 7) is 2.03. The summed E-state index contributed by atoms with van der Waals surface area (Å²) >= 11 is 0. The summed E-state index contributed by atoms with van der Waals surface area (Å²) in [5, 5.41) is 8.51. The molecule has 3 nitrogen and oxygen atoms in total. The standard InChI is InChI=1S/C13H12FNO2/c1-2-17-13(16)6-4-10-3-5-12(14)11(9-10)7-8-15/h3-6,9H,2,7H2,1H3. The van der Waals surface area contributed by atoms with Crippen molar-refractivity contribution in [1.82, 2.24) is 0 Å². The zero-order chi connectivity index (χ0) is 12.7. The minimum Gasteiger partial charge on any atom is -0.463 e. The highest BCUT2D eigenvalue weighted by atomic mass is 19.1. The van der Waals surface area contributed by atoms with Gasteiger partial charge in [0.15, 0.2) is 0 Å². The lowest BCUT2D eigenvalue weighted by Crippen LogP contribution is -1.98. The maximum atomic E-state index is 13.2. The average molecular weight is 233 g/mol. The molecule has 1 rings (SSSR count). The Morgan fingerprint density at radius 2 is 2.35 bits per heavy atom. The van der Waals surface area contributed by atoms with Gasteiger partial charge < -0.3 is 4.74 Å². The largest absolute Gasteiger partial charge is 0.463 e. The van der Waals surface area contributed by atoms with E-state index in [9.17, 15) is 9.18 Å². The van der Waals surface area contributed by atoms with E-state index in [0.29, 0.717) is 17.7 Å². The van der Waals surface area contributed by atoms with Crippen molar-refractivity contribution in [3.8, 4) is 6.07 Å². The van der Waals surface area contributed by atoms with E-state index in [0.717, 1.165) is 0 Å². The first kappa shape index (κ1) is 12.9. The van der Waals surface area contributed by atoms with Crippen LogP contribution in [0.2, 0.25) is 0 Å². The van der Waals surface area contributed by atoms with Gasteiger partial charge in [-0.15, -0.1) is 0 Å². The lowest BCUT2D eigenvalue weighted by atomic mass is 10.1. The summed E-state index contributed by atoms with van der Waals surface area (Å²) in [6, 6.07) is 6.23. The van der Waals surface area contributed by atoms with Crippen LogP contribution in [0, 0.1) is 17.1 Å². The van der Waals surface area contributed by atoms with Crippen LogP contribution in [0.15, 0.2) is 24.3 Å². The van der Waals surface area contributed by atoms with Crippen molar-refractivity contribution >= 4 is 12.0 Å². The second-order valence-corrected chi connectivity index (χ2v) is 3.27. The van der Waals surface area contributed by atoms with Gasteiger partial charge >= 0.3 is 5.97 Å². The van der Waals surface area contributed by atoms with Gasteiger partial charge in [-0.3, -0.25) is 0 Å². The lowest BCUT2D eigenvalue weighted by molar-refractivity contribution is -0.137. The number of hydrogen-bond acceptors (Lipinski definition) is 3. The first-order chi connectivity index (χ1) is 8.17. The van der Waals surface area contributed by atoms with Crippen LogP contribution in [0.3, 0.4) is 0 Å². The van der Waals surface area contributed by atoms with Gasteiger partial charge in [-0.25, -0.2) is 9.18 Å². The molecule has 17 heavy (non-hydrogen) atoms. The Kier molecular flexibility index (Phi) is 4.89. The number of esters is 1. The molecule has 0 N–H and O–H groups in total. The molecule has 88 valence electrons. The van der Waals surface area contributed by atoms with Gasteiger partial charge in [0.1, 0.15) is 5.82 Å². The van der Waals surface area contributed by atoms with Gasteiger partial charge in [-0.1, -0.05) is 6.07 Å². The van der Waals surface area contributed by atoms with Crippen LogP contribution in [-0.4, -0.2) is 12.6 Å². The lowest BCUT2D eigenvalue weighted by Gasteiger charge is -2.00. The van der Waals surface area contributed by atoms with Gasteiger partial charge in [0.25, 0.3) is 0 Å². The first-order valence-electron chi connectivity index (χ1n) is 5.17. The van der Waals surface area contributed by atoms with Gasteiger partial charge in [-0.05, 0) is 30.7 Å². The SMILES string of the molecule is CCOC(=O)C=Cc1ccc(F)c(CC#N)c1. The molecule has 0 amide bonds. The Morgan fingerprint density at radius 3 is 3.00 bits per heavy atom. The Morgan fingerprint density at radius 1 is 1.59 bits per heavy atom. The molecule has 1 aromatic carbocycles. The molecule has 0 aliphatic rings. The number of halogens is 1. The third kappa shape index (κ3) is 4.07. The van der Waals surface area contributed by atoms with Gasteiger partial charge in [0, 0.05) is 11.6 Å². The fraction of sp³-hybridized carbons (Fsp3) is 0.231. The molecule has 0 bridgehead atoms. The second kappa shape index (κ2) is 6.44. The van der Waals surface area contributed by atoms with E-state index >= 15 is 0 Å². The van der Waals surface area contributed by atoms with Crippen LogP contribution in [0.5, 0.6) is 0 Å². The first-order valence-corrected chi connectivity index (χ1v) is 5.17. The molecule has 0 radical (unpaired) electrons. The minimum absolute atomic E-state index is 0.00686. The summed E-state index contributed by atoms with van der Waals surface area (Å²) in [7, 11) is 0. The van der Waals surface area contributed by atoms with Crippen LogP contribution in [0.25, 0.3) is 6.08 Å². The third-order valence-electron chi connectivity index (χ3n) is 2.04. The molecule has 0 aliphatic heterocycles. The molecule has 0 saturated carbocycles. The van der Waals surface area contributed by atoms with Crippen molar-refractivity contribution in [2.45, 2.75) is 13.3 Å². The fourth-order valence-corrected chi connectivity index (χ4v) is 1.27. The second-order valence-electron chi connectivity index (χ2n) is 3.27. The van der Waals surface area contributed by atoms with E-state index in [1.54, 1.807) is 6.92 Å². The van der Waals surface area contributed by atoms with Crippen LogP contribution in [-0.2, 0) is 16.0 Å². The van der Waals surface area contributed by atoms with Crippen molar-refractivity contribution in [3.63, 3.8) is 0 Å². The monoisotopic (exact) mass is 233 g/mol. The zero-order valence-corrected chi connectivity index (χ0v) is 9.44. The van der Waals surface area contributed by atoms with E-state index < -0.39 is 11.8 Å². The number of hydrogen-bond donors (Lipinski definition) is 0. The smallest absolute Gasteiger partial charge is 0.330 e. The molecule has 0 aliphatic carbocycles. The van der Waals surface area contributed by atoms with E-state index in [4.69, 9.17) is 10.00 Å². The Balaban J connectivity index is 2.82. The van der Waals surface area contributed by atoms with Crippen molar-refractivity contribution < 1.29 is 13.9 Å². The van der Waals surface area contributed by atoms with Crippen molar-refractivity contribution in [2.24, 2.45) is 0 Å². The van der Waals surface area contributed by atoms with Crippen molar-refractivity contribution in [2.75, 3.05) is 6.61 Å². The topological polar surface area (TPSA) is 50.1 Å². The molecular formula is C13H12FNO2. The summed E-state index contributed by atoms with van der Waals surface area (Å²) in [5.41, 5.74) is 0.975. The molecule has 1 aromatic rings. The zero-order valence-electron chi connectivity index (χ0n) is 9.44. The molecule has 0 atom stereocenters. The van der Waals surface area contributed by atoms with E-state index in [2.05, 4.69) is 0 Å². The number of ether oxygens (including phenoxy) is 1. The highest BCUT2D eigenvalue weighted by Crippen LogP contribution is 2.12. The number of carbonyl (C=O) groups excluding carboxylic acids is 1. The van der Waals surface area contributed by atoms with E-state index in [-0.39, 0.29) is 6.42 Å². The predicted octanol–water partition coefficient (Wildman–Crippen LogP) is 2.47. The summed E-state index contributed by atoms with van der Waals surface area (Å²) < 4.78 is 17.9. The fourth-order valence-electron chi connectivity index (χ4n) is 1.27. The highest BCUT2D eigenvalue weighted by molar-refractivity contribution is 5.87. The van der Waals surface area contributed by atoms with Gasteiger partial charge in [0.2, 0.25) is 0 Å². The molecule has 0 spiro atoms. The number of benzene rings is 1. The molecule has 0 unspecified atom stereocenters. The Hall–Kier alpha value is -2.15. The van der Waals surface area contributed by atoms with Gasteiger partial charge in [0.05, 0.1) is 19.1 Å². The summed E-state index contributed by atoms with van der Waals surface area (Å²) in [5.74, 6) is -0.863. The average Bonchev–Trinajstić information content (AvgIpc) is 2.31. The highest BCUT2D eigenvalue weighted by Gasteiger charge is 2.02. The number of rotatable bonds is 4. The predicted molar refractivity (Wildman–Crippen MR) is 61.4 cm³/mol. The molecule has 0 heterocycles. The molecular weight excluding hydrogens is 221 g/mol. The normalized spacial score (nSPS) is 10.2. The van der Waals surface area contributed by atoms with Crippen molar-refractivity contribution in [1.29, 1.82) is 5.26 Å². The maximum absolute atomic E-state index is 13.2. The summed E-state index contributed by atoms with van der Waals surface area (Å²) in [6.07, 6.45) is 2.80. The molecule has 4 heteroatoms. The quantitative estimate of drug-likeness (QED) is 0.593. The summed E-state index contributed by atoms with van der Waals surface area (Å²) in [4.78, 5) is 11.1. The maximum Gasteiger partial charge on any atom is 0.330 e. The Bertz CT molecular complexity index is 475. The molecule has 0 fully saturated rings. The van der Waals surface area contributed by atoms with E-state index in [1.807, 2.05) is 6.07 Å². The molecule has 0 saturated heterocycles. The van der Waals surface area contributed by atoms with Crippen molar-refractivity contribution in [3.05, 3.63) is 41.2 Å². The van der Waals surface area contributed by atoms with Crippen LogP contribution in [0.1, 0.15) is 18.1 Å². The van der Waals surface area contributed by atoms with Crippen LogP contribution >= 0.6 is 0 Å². The van der Waals surface area contributed by atoms with Crippen LogP contribution in [0.4, 0.5) is 4.39 Å². The van der Waals surface area contributed by atoms with Gasteiger partial charge in [-0.2, -0.15) is 5.26 Å². The Labute approximate surface area is 99.1 Å². The number of nitriles is 1. The third-order valence-corrected chi connectivity index (χ3v) is 2.04. The molecule has 0 aromatic heterocycles. The van der Waals surface area contributed by atoms with E-state index in [1.165, 1.54) is 30.4 Å². The minimum atomic E-state index is -0.446. The number of nitrogens with zero attached hydrogens (tertiary/aromatic N) is 1.